The van der Waals surface area contributed by atoms with E-state index in [0.717, 1.165) is 11.3 Å². The zero-order chi connectivity index (χ0) is 13.9. The van der Waals surface area contributed by atoms with Crippen LogP contribution >= 0.6 is 22.9 Å². The Hall–Kier alpha value is -2.11. The molecular weight excluding hydrogens is 296 g/mol. The summed E-state index contributed by atoms with van der Waals surface area (Å²) < 4.78 is 5.02. The molecular formula is C14H9ClN2O2S. The van der Waals surface area contributed by atoms with Gasteiger partial charge in [-0.2, -0.15) is 0 Å². The highest BCUT2D eigenvalue weighted by Crippen LogP contribution is 2.30. The molecule has 0 bridgehead atoms. The van der Waals surface area contributed by atoms with Gasteiger partial charge >= 0.3 is 0 Å². The monoisotopic (exact) mass is 304 g/mol. The van der Waals surface area contributed by atoms with E-state index in [0.29, 0.717) is 10.2 Å². The summed E-state index contributed by atoms with van der Waals surface area (Å²) >= 11 is 7.45. The molecule has 0 radical (unpaired) electrons. The van der Waals surface area contributed by atoms with Gasteiger partial charge in [0, 0.05) is 16.0 Å². The minimum atomic E-state index is -0.324. The van der Waals surface area contributed by atoms with E-state index in [1.54, 1.807) is 18.2 Å². The Balaban J connectivity index is 1.81. The van der Waals surface area contributed by atoms with Crippen LogP contribution in [0.15, 0.2) is 52.5 Å². The maximum Gasteiger partial charge on any atom is 0.293 e. The van der Waals surface area contributed by atoms with Crippen molar-refractivity contribution in [3.05, 3.63) is 58.8 Å². The molecule has 0 aliphatic heterocycles. The largest absolute Gasteiger partial charge is 0.459 e. The molecule has 0 saturated carbocycles. The predicted octanol–water partition coefficient (Wildman–Crippen LogP) is 4.31. The van der Waals surface area contributed by atoms with Gasteiger partial charge in [0.25, 0.3) is 5.91 Å². The van der Waals surface area contributed by atoms with Crippen LogP contribution < -0.4 is 5.32 Å². The fourth-order valence-corrected chi connectivity index (χ4v) is 2.63. The summed E-state index contributed by atoms with van der Waals surface area (Å²) in [6.45, 7) is 0. The third-order valence-corrected chi connectivity index (χ3v) is 3.71. The molecule has 0 unspecified atom stereocenters. The first-order chi connectivity index (χ1) is 9.74. The molecule has 3 rings (SSSR count). The van der Waals surface area contributed by atoms with Crippen molar-refractivity contribution in [1.82, 2.24) is 4.98 Å². The van der Waals surface area contributed by atoms with Gasteiger partial charge in [-0.25, -0.2) is 4.98 Å². The van der Waals surface area contributed by atoms with Gasteiger partial charge in [-0.1, -0.05) is 29.8 Å². The lowest BCUT2D eigenvalue weighted by atomic mass is 10.2. The molecule has 1 aromatic carbocycles. The maximum absolute atomic E-state index is 11.8. The molecule has 0 aliphatic carbocycles. The summed E-state index contributed by atoms with van der Waals surface area (Å²) in [5.74, 6) is -0.0745. The standard InChI is InChI=1S/C14H9ClN2O2S/c15-10-5-2-1-4-9(10)11-8-20-14(16-11)17-13(18)12-6-3-7-19-12/h1-8H,(H,16,17,18). The van der Waals surface area contributed by atoms with Gasteiger partial charge in [0.05, 0.1) is 12.0 Å². The number of hydrogen-bond donors (Lipinski definition) is 1. The summed E-state index contributed by atoms with van der Waals surface area (Å²) in [6, 6.07) is 10.7. The van der Waals surface area contributed by atoms with Crippen LogP contribution in [0.5, 0.6) is 0 Å². The van der Waals surface area contributed by atoms with Crippen molar-refractivity contribution >= 4 is 34.0 Å². The zero-order valence-electron chi connectivity index (χ0n) is 10.2. The van der Waals surface area contributed by atoms with Crippen molar-refractivity contribution in [2.75, 3.05) is 5.32 Å². The van der Waals surface area contributed by atoms with Crippen LogP contribution in [0.1, 0.15) is 10.6 Å². The van der Waals surface area contributed by atoms with Gasteiger partial charge in [0.1, 0.15) is 0 Å². The number of amides is 1. The second-order valence-corrected chi connectivity index (χ2v) is 5.21. The third-order valence-electron chi connectivity index (χ3n) is 2.62. The Morgan fingerprint density at radius 1 is 1.25 bits per heavy atom. The lowest BCUT2D eigenvalue weighted by Crippen LogP contribution is -2.10. The second kappa shape index (κ2) is 5.48. The number of carbonyl (C=O) groups is 1. The average Bonchev–Trinajstić information content (AvgIpc) is 3.10. The van der Waals surface area contributed by atoms with Gasteiger partial charge in [0.2, 0.25) is 0 Å². The van der Waals surface area contributed by atoms with Crippen molar-refractivity contribution in [1.29, 1.82) is 0 Å². The van der Waals surface area contributed by atoms with Crippen LogP contribution in [0.25, 0.3) is 11.3 Å². The van der Waals surface area contributed by atoms with Crippen molar-refractivity contribution in [2.24, 2.45) is 0 Å². The number of halogens is 1. The normalized spacial score (nSPS) is 10.4. The lowest BCUT2D eigenvalue weighted by molar-refractivity contribution is 0.0996. The number of nitrogens with zero attached hydrogens (tertiary/aromatic N) is 1. The lowest BCUT2D eigenvalue weighted by Gasteiger charge is -1.99. The molecule has 2 heterocycles. The Morgan fingerprint density at radius 2 is 2.10 bits per heavy atom. The van der Waals surface area contributed by atoms with E-state index in [4.69, 9.17) is 16.0 Å². The van der Waals surface area contributed by atoms with Gasteiger partial charge in [-0.3, -0.25) is 10.1 Å². The minimum absolute atomic E-state index is 0.250. The number of furan rings is 1. The van der Waals surface area contributed by atoms with Crippen LogP contribution in [-0.4, -0.2) is 10.9 Å². The molecule has 4 nitrogen and oxygen atoms in total. The van der Waals surface area contributed by atoms with Crippen LogP contribution in [0.4, 0.5) is 5.13 Å². The number of aromatic nitrogens is 1. The molecule has 20 heavy (non-hydrogen) atoms. The molecule has 0 aliphatic rings. The van der Waals surface area contributed by atoms with Gasteiger partial charge in [-0.05, 0) is 18.2 Å². The molecule has 0 spiro atoms. The van der Waals surface area contributed by atoms with E-state index < -0.39 is 0 Å². The first-order valence-electron chi connectivity index (χ1n) is 5.79. The van der Waals surface area contributed by atoms with E-state index in [1.165, 1.54) is 17.6 Å². The topological polar surface area (TPSA) is 55.1 Å². The van der Waals surface area contributed by atoms with Crippen LogP contribution in [0, 0.1) is 0 Å². The summed E-state index contributed by atoms with van der Waals surface area (Å²) in [4.78, 5) is 16.2. The molecule has 3 aromatic rings. The van der Waals surface area contributed by atoms with E-state index in [1.807, 2.05) is 23.6 Å². The van der Waals surface area contributed by atoms with Gasteiger partial charge in [-0.15, -0.1) is 11.3 Å². The zero-order valence-corrected chi connectivity index (χ0v) is 11.7. The molecule has 0 fully saturated rings. The molecule has 1 N–H and O–H groups in total. The Bertz CT molecular complexity index is 737. The van der Waals surface area contributed by atoms with Gasteiger partial charge in [0.15, 0.2) is 10.9 Å². The first-order valence-corrected chi connectivity index (χ1v) is 7.05. The van der Waals surface area contributed by atoms with E-state index in [2.05, 4.69) is 10.3 Å². The summed E-state index contributed by atoms with van der Waals surface area (Å²) in [7, 11) is 0. The predicted molar refractivity (Wildman–Crippen MR) is 79.2 cm³/mol. The number of hydrogen-bond acceptors (Lipinski definition) is 4. The maximum atomic E-state index is 11.8. The molecule has 0 atom stereocenters. The van der Waals surface area contributed by atoms with E-state index in [9.17, 15) is 4.79 Å². The van der Waals surface area contributed by atoms with Crippen molar-refractivity contribution in [2.45, 2.75) is 0 Å². The quantitative estimate of drug-likeness (QED) is 0.784. The SMILES string of the molecule is O=C(Nc1nc(-c2ccccc2Cl)cs1)c1ccco1. The average molecular weight is 305 g/mol. The summed E-state index contributed by atoms with van der Waals surface area (Å²) in [5.41, 5.74) is 1.57. The second-order valence-electron chi connectivity index (χ2n) is 3.95. The molecule has 1 amide bonds. The molecule has 6 heteroatoms. The van der Waals surface area contributed by atoms with Crippen molar-refractivity contribution < 1.29 is 9.21 Å². The molecule has 0 saturated heterocycles. The van der Waals surface area contributed by atoms with Crippen LogP contribution in [0.2, 0.25) is 5.02 Å². The summed E-state index contributed by atoms with van der Waals surface area (Å²) in [5, 5.41) is 5.66. The Morgan fingerprint density at radius 3 is 2.85 bits per heavy atom. The van der Waals surface area contributed by atoms with Crippen molar-refractivity contribution in [3.8, 4) is 11.3 Å². The van der Waals surface area contributed by atoms with Crippen molar-refractivity contribution in [3.63, 3.8) is 0 Å². The van der Waals surface area contributed by atoms with E-state index in [-0.39, 0.29) is 11.7 Å². The highest BCUT2D eigenvalue weighted by Gasteiger charge is 2.12. The molecule has 2 aromatic heterocycles. The highest BCUT2D eigenvalue weighted by molar-refractivity contribution is 7.14. The Kier molecular flexibility index (Phi) is 3.54. The Labute approximate surface area is 124 Å². The number of thiazole rings is 1. The smallest absolute Gasteiger partial charge is 0.293 e. The first kappa shape index (κ1) is 12.9. The number of nitrogens with one attached hydrogen (secondary N) is 1. The number of anilines is 1. The number of carbonyl (C=O) groups excluding carboxylic acids is 1. The third kappa shape index (κ3) is 2.59. The number of rotatable bonds is 3. The van der Waals surface area contributed by atoms with Crippen LogP contribution in [0.3, 0.4) is 0 Å². The minimum Gasteiger partial charge on any atom is -0.459 e. The highest BCUT2D eigenvalue weighted by atomic mass is 35.5. The van der Waals surface area contributed by atoms with Crippen LogP contribution in [-0.2, 0) is 0 Å². The summed E-state index contributed by atoms with van der Waals surface area (Å²) in [6.07, 6.45) is 1.45. The van der Waals surface area contributed by atoms with E-state index >= 15 is 0 Å². The fraction of sp³-hybridized carbons (Fsp3) is 0. The fourth-order valence-electron chi connectivity index (χ4n) is 1.69. The van der Waals surface area contributed by atoms with Gasteiger partial charge < -0.3 is 4.42 Å². The molecule has 100 valence electrons. The number of benzene rings is 1.